The van der Waals surface area contributed by atoms with Gasteiger partial charge < -0.3 is 16.0 Å². The lowest BCUT2D eigenvalue weighted by Gasteiger charge is -2.24. The summed E-state index contributed by atoms with van der Waals surface area (Å²) in [6.07, 6.45) is 1.70. The molecule has 0 fully saturated rings. The molecular formula is C12H27N3O. The molecule has 0 bridgehead atoms. The van der Waals surface area contributed by atoms with E-state index in [0.29, 0.717) is 0 Å². The second-order valence-electron chi connectivity index (χ2n) is 4.29. The molecular weight excluding hydrogens is 202 g/mol. The number of hydrogen-bond donors (Lipinski definition) is 2. The molecule has 0 aromatic heterocycles. The molecule has 0 radical (unpaired) electrons. The van der Waals surface area contributed by atoms with Crippen LogP contribution >= 0.6 is 0 Å². The molecule has 0 heterocycles. The fraction of sp³-hybridized carbons (Fsp3) is 0.917. The van der Waals surface area contributed by atoms with Crippen LogP contribution < -0.4 is 11.1 Å². The second-order valence-corrected chi connectivity index (χ2v) is 4.29. The molecule has 0 aliphatic carbocycles. The van der Waals surface area contributed by atoms with Gasteiger partial charge in [-0.05, 0) is 26.4 Å². The van der Waals surface area contributed by atoms with Crippen LogP contribution in [0.2, 0.25) is 0 Å². The van der Waals surface area contributed by atoms with Gasteiger partial charge >= 0.3 is 0 Å². The van der Waals surface area contributed by atoms with E-state index in [9.17, 15) is 4.79 Å². The van der Waals surface area contributed by atoms with Crippen LogP contribution in [0.15, 0.2) is 0 Å². The number of carbonyl (C=O) groups is 1. The van der Waals surface area contributed by atoms with E-state index < -0.39 is 0 Å². The summed E-state index contributed by atoms with van der Waals surface area (Å²) in [5.41, 5.74) is 5.75. The van der Waals surface area contributed by atoms with Crippen LogP contribution in [0.1, 0.15) is 40.5 Å². The van der Waals surface area contributed by atoms with Gasteiger partial charge in [-0.2, -0.15) is 0 Å². The third-order valence-corrected chi connectivity index (χ3v) is 2.75. The van der Waals surface area contributed by atoms with Gasteiger partial charge in [0.15, 0.2) is 0 Å². The number of likely N-dealkylation sites (N-methyl/N-ethyl adjacent to an activating group) is 1. The molecule has 2 unspecified atom stereocenters. The fourth-order valence-corrected chi connectivity index (χ4v) is 1.71. The van der Waals surface area contributed by atoms with Crippen LogP contribution in [0.5, 0.6) is 0 Å². The highest BCUT2D eigenvalue weighted by molar-refractivity contribution is 5.81. The first kappa shape index (κ1) is 15.4. The average molecular weight is 229 g/mol. The van der Waals surface area contributed by atoms with E-state index in [2.05, 4.69) is 24.1 Å². The van der Waals surface area contributed by atoms with Crippen molar-refractivity contribution in [2.75, 3.05) is 19.6 Å². The number of hydrogen-bond acceptors (Lipinski definition) is 3. The molecule has 4 heteroatoms. The Hall–Kier alpha value is -0.610. The Kier molecular flexibility index (Phi) is 8.21. The van der Waals surface area contributed by atoms with E-state index in [1.165, 1.54) is 0 Å². The standard InChI is InChI=1S/C12H27N3O/c1-5-8-11(13)12(16)14-10(4)9-15(6-2)7-3/h10-11H,5-9,13H2,1-4H3,(H,14,16). The van der Waals surface area contributed by atoms with Crippen molar-refractivity contribution in [2.45, 2.75) is 52.6 Å². The summed E-state index contributed by atoms with van der Waals surface area (Å²) in [6.45, 7) is 11.2. The van der Waals surface area contributed by atoms with Crippen molar-refractivity contribution in [3.8, 4) is 0 Å². The Bertz CT molecular complexity index is 193. The van der Waals surface area contributed by atoms with E-state index in [0.717, 1.165) is 32.5 Å². The molecule has 0 spiro atoms. The zero-order valence-corrected chi connectivity index (χ0v) is 11.1. The van der Waals surface area contributed by atoms with Crippen molar-refractivity contribution in [3.63, 3.8) is 0 Å². The molecule has 0 rings (SSSR count). The molecule has 0 saturated carbocycles. The summed E-state index contributed by atoms with van der Waals surface area (Å²) >= 11 is 0. The van der Waals surface area contributed by atoms with Gasteiger partial charge in [0.05, 0.1) is 6.04 Å². The lowest BCUT2D eigenvalue weighted by molar-refractivity contribution is -0.123. The first-order valence-electron chi connectivity index (χ1n) is 6.33. The van der Waals surface area contributed by atoms with Gasteiger partial charge in [0.1, 0.15) is 0 Å². The molecule has 0 aromatic carbocycles. The predicted octanol–water partition coefficient (Wildman–Crippen LogP) is 0.960. The molecule has 0 aromatic rings. The lowest BCUT2D eigenvalue weighted by Crippen LogP contribution is -2.48. The molecule has 0 saturated heterocycles. The van der Waals surface area contributed by atoms with Crippen molar-refractivity contribution in [3.05, 3.63) is 0 Å². The van der Waals surface area contributed by atoms with Crippen LogP contribution in [0.3, 0.4) is 0 Å². The topological polar surface area (TPSA) is 58.4 Å². The van der Waals surface area contributed by atoms with Crippen LogP contribution in [0, 0.1) is 0 Å². The van der Waals surface area contributed by atoms with Crippen molar-refractivity contribution >= 4 is 5.91 Å². The smallest absolute Gasteiger partial charge is 0.237 e. The minimum Gasteiger partial charge on any atom is -0.351 e. The van der Waals surface area contributed by atoms with Crippen LogP contribution in [-0.2, 0) is 4.79 Å². The Morgan fingerprint density at radius 1 is 1.31 bits per heavy atom. The van der Waals surface area contributed by atoms with Gasteiger partial charge in [0.2, 0.25) is 5.91 Å². The first-order valence-corrected chi connectivity index (χ1v) is 6.33. The SMILES string of the molecule is CCCC(N)C(=O)NC(C)CN(CC)CC. The highest BCUT2D eigenvalue weighted by Gasteiger charge is 2.15. The van der Waals surface area contributed by atoms with Crippen molar-refractivity contribution in [2.24, 2.45) is 5.73 Å². The van der Waals surface area contributed by atoms with Gasteiger partial charge in [-0.15, -0.1) is 0 Å². The van der Waals surface area contributed by atoms with Crippen LogP contribution in [0.25, 0.3) is 0 Å². The number of amides is 1. The molecule has 16 heavy (non-hydrogen) atoms. The fourth-order valence-electron chi connectivity index (χ4n) is 1.71. The highest BCUT2D eigenvalue weighted by atomic mass is 16.2. The summed E-state index contributed by atoms with van der Waals surface area (Å²) in [5.74, 6) is -0.0264. The van der Waals surface area contributed by atoms with E-state index in [-0.39, 0.29) is 18.0 Å². The average Bonchev–Trinajstić information content (AvgIpc) is 2.26. The monoisotopic (exact) mass is 229 g/mol. The van der Waals surface area contributed by atoms with Gasteiger partial charge in [-0.1, -0.05) is 27.2 Å². The van der Waals surface area contributed by atoms with Gasteiger partial charge in [-0.25, -0.2) is 0 Å². The maximum Gasteiger partial charge on any atom is 0.237 e. The number of nitrogens with one attached hydrogen (secondary N) is 1. The van der Waals surface area contributed by atoms with E-state index in [4.69, 9.17) is 5.73 Å². The highest BCUT2D eigenvalue weighted by Crippen LogP contribution is 1.96. The largest absolute Gasteiger partial charge is 0.351 e. The van der Waals surface area contributed by atoms with Gasteiger partial charge in [0, 0.05) is 12.6 Å². The van der Waals surface area contributed by atoms with Gasteiger partial charge in [-0.3, -0.25) is 4.79 Å². The number of carbonyl (C=O) groups excluding carboxylic acids is 1. The molecule has 1 amide bonds. The predicted molar refractivity (Wildman–Crippen MR) is 68.3 cm³/mol. The summed E-state index contributed by atoms with van der Waals surface area (Å²) in [4.78, 5) is 13.9. The Balaban J connectivity index is 3.94. The molecule has 0 aliphatic heterocycles. The summed E-state index contributed by atoms with van der Waals surface area (Å²) in [6, 6.07) is -0.195. The Morgan fingerprint density at radius 2 is 1.88 bits per heavy atom. The quantitative estimate of drug-likeness (QED) is 0.652. The van der Waals surface area contributed by atoms with E-state index in [1.54, 1.807) is 0 Å². The van der Waals surface area contributed by atoms with E-state index >= 15 is 0 Å². The maximum absolute atomic E-state index is 11.6. The van der Waals surface area contributed by atoms with Crippen LogP contribution in [-0.4, -0.2) is 42.5 Å². The normalized spacial score (nSPS) is 14.9. The zero-order chi connectivity index (χ0) is 12.6. The molecule has 2 atom stereocenters. The van der Waals surface area contributed by atoms with E-state index in [1.807, 2.05) is 13.8 Å². The third-order valence-electron chi connectivity index (χ3n) is 2.75. The Morgan fingerprint density at radius 3 is 2.31 bits per heavy atom. The van der Waals surface area contributed by atoms with Gasteiger partial charge in [0.25, 0.3) is 0 Å². The third kappa shape index (κ3) is 6.08. The maximum atomic E-state index is 11.6. The van der Waals surface area contributed by atoms with Crippen molar-refractivity contribution in [1.29, 1.82) is 0 Å². The molecule has 3 N–H and O–H groups in total. The second kappa shape index (κ2) is 8.53. The van der Waals surface area contributed by atoms with Crippen molar-refractivity contribution < 1.29 is 4.79 Å². The molecule has 96 valence electrons. The zero-order valence-electron chi connectivity index (χ0n) is 11.1. The number of nitrogens with zero attached hydrogens (tertiary/aromatic N) is 1. The van der Waals surface area contributed by atoms with Crippen molar-refractivity contribution in [1.82, 2.24) is 10.2 Å². The minimum absolute atomic E-state index is 0.0264. The lowest BCUT2D eigenvalue weighted by atomic mass is 10.1. The first-order chi connectivity index (χ1) is 7.54. The van der Waals surface area contributed by atoms with Crippen LogP contribution in [0.4, 0.5) is 0 Å². The number of nitrogens with two attached hydrogens (primary N) is 1. The molecule has 0 aliphatic rings. The minimum atomic E-state index is -0.357. The summed E-state index contributed by atoms with van der Waals surface area (Å²) < 4.78 is 0. The summed E-state index contributed by atoms with van der Waals surface area (Å²) in [7, 11) is 0. The Labute approximate surface area is 99.6 Å². The number of rotatable bonds is 8. The summed E-state index contributed by atoms with van der Waals surface area (Å²) in [5, 5.41) is 2.96. The molecule has 4 nitrogen and oxygen atoms in total.